The molecular formula is C20H20FN3O. The molecule has 128 valence electrons. The molecule has 1 aliphatic heterocycles. The zero-order valence-electron chi connectivity index (χ0n) is 14.2. The molecular weight excluding hydrogens is 317 g/mol. The Kier molecular flexibility index (Phi) is 4.09. The van der Waals surface area contributed by atoms with Crippen LogP contribution in [0.25, 0.3) is 16.8 Å². The topological polar surface area (TPSA) is 37.6 Å². The molecule has 0 radical (unpaired) electrons. The molecule has 3 aromatic rings. The molecule has 0 spiro atoms. The maximum atomic E-state index is 13.1. The summed E-state index contributed by atoms with van der Waals surface area (Å²) < 4.78 is 14.8. The van der Waals surface area contributed by atoms with Crippen molar-refractivity contribution >= 4 is 5.65 Å². The fraction of sp³-hybridized carbons (Fsp3) is 0.300. The molecule has 0 bridgehead atoms. The summed E-state index contributed by atoms with van der Waals surface area (Å²) in [4.78, 5) is 19.9. The number of pyridine rings is 1. The van der Waals surface area contributed by atoms with Gasteiger partial charge in [-0.05, 0) is 68.2 Å². The van der Waals surface area contributed by atoms with E-state index in [1.807, 2.05) is 19.2 Å². The van der Waals surface area contributed by atoms with Gasteiger partial charge in [0.1, 0.15) is 11.5 Å². The van der Waals surface area contributed by atoms with E-state index in [1.165, 1.54) is 12.1 Å². The standard InChI is InChI=1S/C20H20FN3O/c1-23-10-3-2-4-18-17(13-23)20(25)24-11-9-15(12-19(24)22-18)14-5-7-16(21)8-6-14/h5-9,11-12H,2-4,10,13H2,1H3. The Balaban J connectivity index is 1.85. The summed E-state index contributed by atoms with van der Waals surface area (Å²) in [6.45, 7) is 1.65. The summed E-state index contributed by atoms with van der Waals surface area (Å²) in [5, 5.41) is 0. The van der Waals surface area contributed by atoms with Crippen molar-refractivity contribution in [2.24, 2.45) is 0 Å². The second-order valence-corrected chi connectivity index (χ2v) is 6.69. The summed E-state index contributed by atoms with van der Waals surface area (Å²) in [5.41, 5.74) is 4.20. The molecule has 1 aliphatic rings. The van der Waals surface area contributed by atoms with Crippen molar-refractivity contribution < 1.29 is 4.39 Å². The van der Waals surface area contributed by atoms with E-state index in [9.17, 15) is 9.18 Å². The Labute approximate surface area is 145 Å². The fourth-order valence-electron chi connectivity index (χ4n) is 3.43. The van der Waals surface area contributed by atoms with E-state index < -0.39 is 0 Å². The Morgan fingerprint density at radius 1 is 1.08 bits per heavy atom. The third kappa shape index (κ3) is 3.07. The van der Waals surface area contributed by atoms with Gasteiger partial charge in [0.2, 0.25) is 0 Å². The second kappa shape index (κ2) is 6.41. The lowest BCUT2D eigenvalue weighted by Crippen LogP contribution is -2.30. The molecule has 0 N–H and O–H groups in total. The van der Waals surface area contributed by atoms with Gasteiger partial charge in [-0.25, -0.2) is 9.37 Å². The molecule has 0 atom stereocenters. The number of benzene rings is 1. The summed E-state index contributed by atoms with van der Waals surface area (Å²) in [6.07, 6.45) is 4.77. The molecule has 25 heavy (non-hydrogen) atoms. The minimum Gasteiger partial charge on any atom is -0.302 e. The highest BCUT2D eigenvalue weighted by atomic mass is 19.1. The smallest absolute Gasteiger partial charge is 0.262 e. The van der Waals surface area contributed by atoms with Crippen LogP contribution in [-0.2, 0) is 13.0 Å². The number of nitrogens with zero attached hydrogens (tertiary/aromatic N) is 3. The highest BCUT2D eigenvalue weighted by Gasteiger charge is 2.17. The Hall–Kier alpha value is -2.53. The van der Waals surface area contributed by atoms with E-state index in [0.717, 1.165) is 48.2 Å². The summed E-state index contributed by atoms with van der Waals surface area (Å²) >= 11 is 0. The van der Waals surface area contributed by atoms with Gasteiger partial charge in [0.05, 0.1) is 11.3 Å². The molecule has 0 saturated heterocycles. The highest BCUT2D eigenvalue weighted by Crippen LogP contribution is 2.21. The first-order chi connectivity index (χ1) is 12.1. The van der Waals surface area contributed by atoms with E-state index in [0.29, 0.717) is 12.2 Å². The van der Waals surface area contributed by atoms with Gasteiger partial charge in [0, 0.05) is 12.7 Å². The molecule has 0 unspecified atom stereocenters. The van der Waals surface area contributed by atoms with Gasteiger partial charge >= 0.3 is 0 Å². The van der Waals surface area contributed by atoms with Crippen LogP contribution in [0.15, 0.2) is 47.4 Å². The third-order valence-electron chi connectivity index (χ3n) is 4.82. The van der Waals surface area contributed by atoms with Gasteiger partial charge in [-0.2, -0.15) is 0 Å². The number of halogens is 1. The SMILES string of the molecule is CN1CCCCc2nc3cc(-c4ccc(F)cc4)ccn3c(=O)c2C1. The van der Waals surface area contributed by atoms with E-state index in [-0.39, 0.29) is 11.4 Å². The van der Waals surface area contributed by atoms with Gasteiger partial charge < -0.3 is 4.90 Å². The van der Waals surface area contributed by atoms with Gasteiger partial charge in [-0.1, -0.05) is 12.1 Å². The quantitative estimate of drug-likeness (QED) is 0.684. The minimum absolute atomic E-state index is 0.0133. The van der Waals surface area contributed by atoms with Crippen LogP contribution in [0.5, 0.6) is 0 Å². The van der Waals surface area contributed by atoms with Gasteiger partial charge in [0.25, 0.3) is 5.56 Å². The van der Waals surface area contributed by atoms with E-state index in [4.69, 9.17) is 4.98 Å². The fourth-order valence-corrected chi connectivity index (χ4v) is 3.43. The van der Waals surface area contributed by atoms with Crippen molar-refractivity contribution in [3.63, 3.8) is 0 Å². The molecule has 0 fully saturated rings. The molecule has 0 amide bonds. The number of rotatable bonds is 1. The lowest BCUT2D eigenvalue weighted by Gasteiger charge is -2.21. The van der Waals surface area contributed by atoms with Crippen LogP contribution in [0.2, 0.25) is 0 Å². The van der Waals surface area contributed by atoms with Gasteiger partial charge in [-0.15, -0.1) is 0 Å². The average Bonchev–Trinajstić information content (AvgIpc) is 2.60. The molecule has 0 aliphatic carbocycles. The van der Waals surface area contributed by atoms with Crippen LogP contribution in [-0.4, -0.2) is 27.9 Å². The molecule has 4 rings (SSSR count). The predicted molar refractivity (Wildman–Crippen MR) is 96.1 cm³/mol. The first-order valence-electron chi connectivity index (χ1n) is 8.60. The maximum absolute atomic E-state index is 13.1. The molecule has 2 aromatic heterocycles. The summed E-state index contributed by atoms with van der Waals surface area (Å²) in [7, 11) is 2.04. The minimum atomic E-state index is -0.260. The molecule has 5 heteroatoms. The summed E-state index contributed by atoms with van der Waals surface area (Å²) in [5.74, 6) is -0.260. The first kappa shape index (κ1) is 16.0. The molecule has 3 heterocycles. The lowest BCUT2D eigenvalue weighted by molar-refractivity contribution is 0.308. The zero-order valence-corrected chi connectivity index (χ0v) is 14.2. The number of hydrogen-bond donors (Lipinski definition) is 0. The first-order valence-corrected chi connectivity index (χ1v) is 8.60. The van der Waals surface area contributed by atoms with Crippen LogP contribution in [0, 0.1) is 5.82 Å². The Morgan fingerprint density at radius 2 is 1.88 bits per heavy atom. The molecule has 0 saturated carbocycles. The average molecular weight is 337 g/mol. The highest BCUT2D eigenvalue weighted by molar-refractivity contribution is 5.67. The molecule has 4 nitrogen and oxygen atoms in total. The van der Waals surface area contributed by atoms with Crippen molar-refractivity contribution in [3.05, 3.63) is 70.0 Å². The van der Waals surface area contributed by atoms with Gasteiger partial charge in [-0.3, -0.25) is 9.20 Å². The third-order valence-corrected chi connectivity index (χ3v) is 4.82. The Bertz CT molecular complexity index is 979. The summed E-state index contributed by atoms with van der Waals surface area (Å²) in [6, 6.07) is 10.1. The number of aryl methyl sites for hydroxylation is 1. The van der Waals surface area contributed by atoms with Crippen LogP contribution in [0.1, 0.15) is 24.1 Å². The lowest BCUT2D eigenvalue weighted by atomic mass is 10.0. The van der Waals surface area contributed by atoms with Crippen molar-refractivity contribution in [1.82, 2.24) is 14.3 Å². The van der Waals surface area contributed by atoms with Crippen LogP contribution >= 0.6 is 0 Å². The van der Waals surface area contributed by atoms with E-state index >= 15 is 0 Å². The van der Waals surface area contributed by atoms with E-state index in [2.05, 4.69) is 4.90 Å². The van der Waals surface area contributed by atoms with Crippen molar-refractivity contribution in [3.8, 4) is 11.1 Å². The Morgan fingerprint density at radius 3 is 2.68 bits per heavy atom. The number of fused-ring (bicyclic) bond motifs is 2. The van der Waals surface area contributed by atoms with Crippen molar-refractivity contribution in [2.75, 3.05) is 13.6 Å². The van der Waals surface area contributed by atoms with Crippen molar-refractivity contribution in [1.29, 1.82) is 0 Å². The number of aromatic nitrogens is 2. The van der Waals surface area contributed by atoms with E-state index in [1.54, 1.807) is 22.7 Å². The van der Waals surface area contributed by atoms with Crippen LogP contribution in [0.3, 0.4) is 0 Å². The maximum Gasteiger partial charge on any atom is 0.262 e. The predicted octanol–water partition coefficient (Wildman–Crippen LogP) is 3.27. The van der Waals surface area contributed by atoms with Crippen LogP contribution in [0.4, 0.5) is 4.39 Å². The number of hydrogen-bond acceptors (Lipinski definition) is 3. The zero-order chi connectivity index (χ0) is 17.4. The van der Waals surface area contributed by atoms with Crippen LogP contribution < -0.4 is 5.56 Å². The largest absolute Gasteiger partial charge is 0.302 e. The van der Waals surface area contributed by atoms with Gasteiger partial charge in [0.15, 0.2) is 0 Å². The molecule has 1 aromatic carbocycles. The monoisotopic (exact) mass is 337 g/mol. The van der Waals surface area contributed by atoms with Crippen molar-refractivity contribution in [2.45, 2.75) is 25.8 Å². The second-order valence-electron chi connectivity index (χ2n) is 6.69. The normalized spacial score (nSPS) is 15.6.